The molecule has 1 rings (SSSR count). The van der Waals surface area contributed by atoms with Crippen molar-refractivity contribution in [2.45, 2.75) is 19.5 Å². The van der Waals surface area contributed by atoms with E-state index in [9.17, 15) is 4.79 Å². The molecule has 1 fully saturated rings. The van der Waals surface area contributed by atoms with Gasteiger partial charge in [-0.3, -0.25) is 10.2 Å². The lowest BCUT2D eigenvalue weighted by molar-refractivity contribution is -0.149. The van der Waals surface area contributed by atoms with Gasteiger partial charge in [-0.15, -0.1) is 0 Å². The van der Waals surface area contributed by atoms with Gasteiger partial charge in [0.05, 0.1) is 6.61 Å². The first-order chi connectivity index (χ1) is 5.75. The molecule has 0 spiro atoms. The van der Waals surface area contributed by atoms with Crippen LogP contribution in [0, 0.1) is 0 Å². The fourth-order valence-electron chi connectivity index (χ4n) is 1.21. The van der Waals surface area contributed by atoms with E-state index in [0.29, 0.717) is 6.61 Å². The first-order valence-corrected chi connectivity index (χ1v) is 4.36. The fraction of sp³-hybridized carbons (Fsp3) is 0.875. The van der Waals surface area contributed by atoms with Crippen LogP contribution in [0.1, 0.15) is 13.3 Å². The van der Waals surface area contributed by atoms with Gasteiger partial charge in [0.15, 0.2) is 6.17 Å². The van der Waals surface area contributed by atoms with Gasteiger partial charge in [0.2, 0.25) is 0 Å². The van der Waals surface area contributed by atoms with Gasteiger partial charge >= 0.3 is 5.97 Å². The Labute approximate surface area is 72.9 Å². The quantitative estimate of drug-likeness (QED) is 0.599. The predicted molar refractivity (Wildman–Crippen MR) is 45.7 cm³/mol. The highest BCUT2D eigenvalue weighted by Crippen LogP contribution is 2.01. The smallest absolute Gasteiger partial charge is 0.338 e. The van der Waals surface area contributed by atoms with Crippen LogP contribution in [0.2, 0.25) is 0 Å². The van der Waals surface area contributed by atoms with E-state index in [1.807, 2.05) is 18.9 Å². The Kier molecular flexibility index (Phi) is 3.49. The van der Waals surface area contributed by atoms with Crippen LogP contribution in [0.25, 0.3) is 0 Å². The van der Waals surface area contributed by atoms with E-state index >= 15 is 0 Å². The Morgan fingerprint density at radius 1 is 1.75 bits per heavy atom. The summed E-state index contributed by atoms with van der Waals surface area (Å²) < 4.78 is 5.00. The summed E-state index contributed by atoms with van der Waals surface area (Å²) in [4.78, 5) is 13.2. The molecular formula is C8H16N2O2. The second-order valence-corrected chi connectivity index (χ2v) is 3.00. The lowest BCUT2D eigenvalue weighted by Crippen LogP contribution is -2.41. The predicted octanol–water partition coefficient (Wildman–Crippen LogP) is -0.199. The van der Waals surface area contributed by atoms with Crippen molar-refractivity contribution in [2.24, 2.45) is 0 Å². The first kappa shape index (κ1) is 9.48. The van der Waals surface area contributed by atoms with Crippen molar-refractivity contribution in [2.75, 3.05) is 26.7 Å². The normalized spacial score (nSPS) is 24.3. The molecule has 1 heterocycles. The van der Waals surface area contributed by atoms with Crippen LogP contribution in [0.4, 0.5) is 0 Å². The lowest BCUT2D eigenvalue weighted by Gasteiger charge is -2.16. The van der Waals surface area contributed by atoms with Crippen LogP contribution in [-0.2, 0) is 9.53 Å². The molecular weight excluding hydrogens is 156 g/mol. The average Bonchev–Trinajstić information content (AvgIpc) is 2.47. The van der Waals surface area contributed by atoms with Gasteiger partial charge in [-0.1, -0.05) is 6.92 Å². The van der Waals surface area contributed by atoms with E-state index in [4.69, 9.17) is 4.74 Å². The summed E-state index contributed by atoms with van der Waals surface area (Å²) >= 11 is 0. The summed E-state index contributed by atoms with van der Waals surface area (Å²) in [5, 5.41) is 3.07. The number of carbonyl (C=O) groups excluding carboxylic acids is 1. The largest absolute Gasteiger partial charge is 0.464 e. The van der Waals surface area contributed by atoms with Crippen molar-refractivity contribution in [3.05, 3.63) is 0 Å². The van der Waals surface area contributed by atoms with Crippen molar-refractivity contribution >= 4 is 5.97 Å². The van der Waals surface area contributed by atoms with Crippen LogP contribution in [-0.4, -0.2) is 43.8 Å². The molecule has 1 atom stereocenters. The van der Waals surface area contributed by atoms with Crippen molar-refractivity contribution in [1.82, 2.24) is 10.2 Å². The van der Waals surface area contributed by atoms with Gasteiger partial charge < -0.3 is 4.74 Å². The van der Waals surface area contributed by atoms with Crippen LogP contribution in [0.15, 0.2) is 0 Å². The summed E-state index contributed by atoms with van der Waals surface area (Å²) in [5.74, 6) is -0.156. The Morgan fingerprint density at radius 3 is 3.00 bits per heavy atom. The maximum Gasteiger partial charge on any atom is 0.338 e. The highest BCUT2D eigenvalue weighted by Gasteiger charge is 2.28. The number of hydrogen-bond acceptors (Lipinski definition) is 4. The minimum Gasteiger partial charge on any atom is -0.464 e. The van der Waals surface area contributed by atoms with E-state index in [-0.39, 0.29) is 12.1 Å². The molecule has 0 saturated carbocycles. The SMILES string of the molecule is CCCOC(=O)C1NCCN1C. The molecule has 1 saturated heterocycles. The number of esters is 1. The summed E-state index contributed by atoms with van der Waals surface area (Å²) in [6, 6.07) is 0. The molecule has 70 valence electrons. The number of nitrogens with one attached hydrogen (secondary N) is 1. The van der Waals surface area contributed by atoms with Crippen LogP contribution in [0.3, 0.4) is 0 Å². The highest BCUT2D eigenvalue weighted by molar-refractivity contribution is 5.75. The highest BCUT2D eigenvalue weighted by atomic mass is 16.5. The zero-order chi connectivity index (χ0) is 8.97. The van der Waals surface area contributed by atoms with Gasteiger partial charge in [-0.2, -0.15) is 0 Å². The lowest BCUT2D eigenvalue weighted by atomic mass is 10.4. The third-order valence-corrected chi connectivity index (χ3v) is 1.91. The summed E-state index contributed by atoms with van der Waals surface area (Å²) in [5.41, 5.74) is 0. The molecule has 1 aliphatic rings. The van der Waals surface area contributed by atoms with E-state index in [1.165, 1.54) is 0 Å². The molecule has 1 unspecified atom stereocenters. The fourth-order valence-corrected chi connectivity index (χ4v) is 1.21. The number of nitrogens with zero attached hydrogens (tertiary/aromatic N) is 1. The Hall–Kier alpha value is -0.610. The first-order valence-electron chi connectivity index (χ1n) is 4.36. The van der Waals surface area contributed by atoms with Gasteiger partial charge in [0.25, 0.3) is 0 Å². The second kappa shape index (κ2) is 4.42. The van der Waals surface area contributed by atoms with E-state index in [2.05, 4.69) is 5.32 Å². The molecule has 0 aromatic carbocycles. The molecule has 0 amide bonds. The maximum atomic E-state index is 11.3. The van der Waals surface area contributed by atoms with Gasteiger partial charge in [-0.05, 0) is 13.5 Å². The monoisotopic (exact) mass is 172 g/mol. The van der Waals surface area contributed by atoms with Gasteiger partial charge in [0, 0.05) is 13.1 Å². The minimum atomic E-state index is -0.225. The van der Waals surface area contributed by atoms with Crippen LogP contribution < -0.4 is 5.32 Å². The van der Waals surface area contributed by atoms with Gasteiger partial charge in [0.1, 0.15) is 0 Å². The number of rotatable bonds is 3. The Bertz CT molecular complexity index is 161. The molecule has 0 aromatic heterocycles. The zero-order valence-corrected chi connectivity index (χ0v) is 7.67. The zero-order valence-electron chi connectivity index (χ0n) is 7.67. The number of likely N-dealkylation sites (N-methyl/N-ethyl adjacent to an activating group) is 1. The Morgan fingerprint density at radius 2 is 2.50 bits per heavy atom. The van der Waals surface area contributed by atoms with Crippen LogP contribution >= 0.6 is 0 Å². The standard InChI is InChI=1S/C8H16N2O2/c1-3-6-12-8(11)7-9-4-5-10(7)2/h7,9H,3-6H2,1-2H3. The molecule has 0 bridgehead atoms. The third-order valence-electron chi connectivity index (χ3n) is 1.91. The molecule has 0 aromatic rings. The summed E-state index contributed by atoms with van der Waals surface area (Å²) in [6.07, 6.45) is 0.652. The molecule has 0 radical (unpaired) electrons. The van der Waals surface area contributed by atoms with Crippen molar-refractivity contribution in [1.29, 1.82) is 0 Å². The third kappa shape index (κ3) is 2.19. The second-order valence-electron chi connectivity index (χ2n) is 3.00. The van der Waals surface area contributed by atoms with E-state index in [1.54, 1.807) is 0 Å². The van der Waals surface area contributed by atoms with Gasteiger partial charge in [-0.25, -0.2) is 4.79 Å². The minimum absolute atomic E-state index is 0.156. The molecule has 4 heteroatoms. The molecule has 1 aliphatic heterocycles. The van der Waals surface area contributed by atoms with Crippen molar-refractivity contribution < 1.29 is 9.53 Å². The van der Waals surface area contributed by atoms with E-state index < -0.39 is 0 Å². The molecule has 1 N–H and O–H groups in total. The topological polar surface area (TPSA) is 41.6 Å². The molecule has 12 heavy (non-hydrogen) atoms. The summed E-state index contributed by atoms with van der Waals surface area (Å²) in [7, 11) is 1.91. The van der Waals surface area contributed by atoms with Crippen molar-refractivity contribution in [3.8, 4) is 0 Å². The summed E-state index contributed by atoms with van der Waals surface area (Å²) in [6.45, 7) is 4.28. The number of carbonyl (C=O) groups is 1. The average molecular weight is 172 g/mol. The molecule has 4 nitrogen and oxygen atoms in total. The van der Waals surface area contributed by atoms with Crippen molar-refractivity contribution in [3.63, 3.8) is 0 Å². The Balaban J connectivity index is 2.30. The van der Waals surface area contributed by atoms with Crippen LogP contribution in [0.5, 0.6) is 0 Å². The number of hydrogen-bond donors (Lipinski definition) is 1. The molecule has 0 aliphatic carbocycles. The number of ether oxygens (including phenoxy) is 1. The van der Waals surface area contributed by atoms with E-state index in [0.717, 1.165) is 19.5 Å². The maximum absolute atomic E-state index is 11.3.